The highest BCUT2D eigenvalue weighted by Crippen LogP contribution is 2.13. The molecule has 0 aliphatic rings. The van der Waals surface area contributed by atoms with Gasteiger partial charge in [-0.15, -0.1) is 0 Å². The molecule has 6 nitrogen and oxygen atoms in total. The van der Waals surface area contributed by atoms with Crippen molar-refractivity contribution in [2.24, 2.45) is 0 Å². The SMILES string of the molecule is CN(C)CCNC(=O)c1cccc(OB(O)O)c1. The summed E-state index contributed by atoms with van der Waals surface area (Å²) in [5.74, 6) is -0.0000100. The molecule has 98 valence electrons. The van der Waals surface area contributed by atoms with Gasteiger partial charge in [0.25, 0.3) is 5.91 Å². The molecule has 0 radical (unpaired) electrons. The fourth-order valence-corrected chi connectivity index (χ4v) is 1.33. The molecule has 0 spiro atoms. The van der Waals surface area contributed by atoms with E-state index in [4.69, 9.17) is 10.0 Å². The summed E-state index contributed by atoms with van der Waals surface area (Å²) in [4.78, 5) is 13.7. The highest BCUT2D eigenvalue weighted by atomic mass is 16.6. The minimum Gasteiger partial charge on any atom is -0.512 e. The summed E-state index contributed by atoms with van der Waals surface area (Å²) in [6.07, 6.45) is 0. The number of carbonyl (C=O) groups is 1. The molecular formula is C11H17BN2O4. The number of benzene rings is 1. The second-order valence-corrected chi connectivity index (χ2v) is 4.03. The number of hydrogen-bond donors (Lipinski definition) is 3. The summed E-state index contributed by atoms with van der Waals surface area (Å²) in [5.41, 5.74) is 0.409. The molecule has 3 N–H and O–H groups in total. The highest BCUT2D eigenvalue weighted by molar-refractivity contribution is 6.33. The Bertz CT molecular complexity index is 398. The van der Waals surface area contributed by atoms with Gasteiger partial charge in [-0.1, -0.05) is 6.07 Å². The van der Waals surface area contributed by atoms with Gasteiger partial charge in [0, 0.05) is 18.7 Å². The monoisotopic (exact) mass is 252 g/mol. The van der Waals surface area contributed by atoms with Gasteiger partial charge >= 0.3 is 7.32 Å². The number of nitrogens with one attached hydrogen (secondary N) is 1. The van der Waals surface area contributed by atoms with E-state index >= 15 is 0 Å². The van der Waals surface area contributed by atoms with Crippen LogP contribution in [0.15, 0.2) is 24.3 Å². The largest absolute Gasteiger partial charge is 0.707 e. The number of carbonyl (C=O) groups excluding carboxylic acids is 1. The van der Waals surface area contributed by atoms with Crippen LogP contribution >= 0.6 is 0 Å². The third-order valence-corrected chi connectivity index (χ3v) is 2.18. The molecule has 0 heterocycles. The van der Waals surface area contributed by atoms with Gasteiger partial charge in [0.1, 0.15) is 5.75 Å². The van der Waals surface area contributed by atoms with Gasteiger partial charge in [-0.05, 0) is 32.3 Å². The van der Waals surface area contributed by atoms with Crippen LogP contribution in [0.2, 0.25) is 0 Å². The molecule has 0 fully saturated rings. The first-order chi connectivity index (χ1) is 8.49. The van der Waals surface area contributed by atoms with Crippen LogP contribution in [-0.4, -0.2) is 55.4 Å². The zero-order chi connectivity index (χ0) is 13.5. The van der Waals surface area contributed by atoms with Crippen LogP contribution in [0.1, 0.15) is 10.4 Å². The zero-order valence-corrected chi connectivity index (χ0v) is 10.5. The summed E-state index contributed by atoms with van der Waals surface area (Å²) in [6, 6.07) is 6.22. The minimum atomic E-state index is -1.89. The van der Waals surface area contributed by atoms with E-state index in [1.165, 1.54) is 12.1 Å². The summed E-state index contributed by atoms with van der Waals surface area (Å²) >= 11 is 0. The molecule has 0 saturated carbocycles. The topological polar surface area (TPSA) is 82.0 Å². The van der Waals surface area contributed by atoms with Crippen LogP contribution in [0.3, 0.4) is 0 Å². The molecule has 1 aromatic carbocycles. The average Bonchev–Trinajstić information content (AvgIpc) is 2.27. The molecule has 0 aliphatic carbocycles. The highest BCUT2D eigenvalue weighted by Gasteiger charge is 2.12. The van der Waals surface area contributed by atoms with Crippen molar-refractivity contribution in [1.82, 2.24) is 10.2 Å². The fourth-order valence-electron chi connectivity index (χ4n) is 1.33. The van der Waals surface area contributed by atoms with Crippen LogP contribution in [-0.2, 0) is 0 Å². The molecule has 7 heteroatoms. The van der Waals surface area contributed by atoms with Crippen molar-refractivity contribution in [2.45, 2.75) is 0 Å². The van der Waals surface area contributed by atoms with Crippen molar-refractivity contribution in [1.29, 1.82) is 0 Å². The van der Waals surface area contributed by atoms with E-state index in [9.17, 15) is 4.79 Å². The van der Waals surface area contributed by atoms with E-state index < -0.39 is 7.32 Å². The van der Waals surface area contributed by atoms with Crippen LogP contribution in [0.4, 0.5) is 0 Å². The third-order valence-electron chi connectivity index (χ3n) is 2.18. The Morgan fingerprint density at radius 1 is 1.44 bits per heavy atom. The summed E-state index contributed by atoms with van der Waals surface area (Å²) in [7, 11) is 1.95. The normalized spacial score (nSPS) is 10.3. The Morgan fingerprint density at radius 2 is 2.17 bits per heavy atom. The minimum absolute atomic E-state index is 0.227. The lowest BCUT2D eigenvalue weighted by atomic mass is 10.2. The van der Waals surface area contributed by atoms with Gasteiger partial charge in [-0.25, -0.2) is 0 Å². The number of nitrogens with zero attached hydrogens (tertiary/aromatic N) is 1. The first-order valence-electron chi connectivity index (χ1n) is 5.55. The van der Waals surface area contributed by atoms with Crippen molar-refractivity contribution >= 4 is 13.2 Å². The van der Waals surface area contributed by atoms with Crippen LogP contribution in [0, 0.1) is 0 Å². The average molecular weight is 252 g/mol. The fraction of sp³-hybridized carbons (Fsp3) is 0.364. The van der Waals surface area contributed by atoms with Crippen molar-refractivity contribution in [3.63, 3.8) is 0 Å². The van der Waals surface area contributed by atoms with E-state index in [0.717, 1.165) is 6.54 Å². The molecule has 0 bridgehead atoms. The number of likely N-dealkylation sites (N-methyl/N-ethyl adjacent to an activating group) is 1. The molecule has 0 aromatic heterocycles. The Hall–Kier alpha value is -1.57. The zero-order valence-electron chi connectivity index (χ0n) is 10.5. The number of amides is 1. The molecule has 0 atom stereocenters. The van der Waals surface area contributed by atoms with Crippen molar-refractivity contribution in [3.05, 3.63) is 29.8 Å². The summed E-state index contributed by atoms with van der Waals surface area (Å²) < 4.78 is 4.67. The van der Waals surface area contributed by atoms with E-state index in [0.29, 0.717) is 12.1 Å². The first kappa shape index (κ1) is 14.5. The van der Waals surface area contributed by atoms with Gasteiger partial charge in [0.2, 0.25) is 0 Å². The smallest absolute Gasteiger partial charge is 0.512 e. The lowest BCUT2D eigenvalue weighted by Gasteiger charge is -2.11. The predicted octanol–water partition coefficient (Wildman–Crippen LogP) is -0.674. The maximum Gasteiger partial charge on any atom is 0.707 e. The third kappa shape index (κ3) is 5.18. The van der Waals surface area contributed by atoms with Crippen molar-refractivity contribution in [2.75, 3.05) is 27.2 Å². The van der Waals surface area contributed by atoms with E-state index in [1.807, 2.05) is 19.0 Å². The molecule has 1 amide bonds. The van der Waals surface area contributed by atoms with E-state index in [-0.39, 0.29) is 11.7 Å². The van der Waals surface area contributed by atoms with Gasteiger partial charge in [-0.2, -0.15) is 0 Å². The Kier molecular flexibility index (Phi) is 5.64. The quantitative estimate of drug-likeness (QED) is 0.585. The summed E-state index contributed by atoms with van der Waals surface area (Å²) in [5, 5.41) is 20.1. The maximum atomic E-state index is 11.8. The summed E-state index contributed by atoms with van der Waals surface area (Å²) in [6.45, 7) is 1.29. The van der Waals surface area contributed by atoms with Gasteiger partial charge in [0.15, 0.2) is 0 Å². The standard InChI is InChI=1S/C11H17BN2O4/c1-14(2)7-6-13-11(15)9-4-3-5-10(8-9)18-12(16)17/h3-5,8,16-17H,6-7H2,1-2H3,(H,13,15). The molecule has 0 aliphatic heterocycles. The molecular weight excluding hydrogens is 235 g/mol. The lowest BCUT2D eigenvalue weighted by Crippen LogP contribution is -2.31. The van der Waals surface area contributed by atoms with Crippen LogP contribution < -0.4 is 9.97 Å². The maximum absolute atomic E-state index is 11.8. The molecule has 0 saturated heterocycles. The van der Waals surface area contributed by atoms with Crippen molar-refractivity contribution in [3.8, 4) is 5.75 Å². The number of hydrogen-bond acceptors (Lipinski definition) is 5. The Labute approximate surface area is 106 Å². The predicted molar refractivity (Wildman–Crippen MR) is 68.1 cm³/mol. The molecule has 0 unspecified atom stereocenters. The molecule has 18 heavy (non-hydrogen) atoms. The lowest BCUT2D eigenvalue weighted by molar-refractivity contribution is 0.0950. The van der Waals surface area contributed by atoms with Gasteiger partial charge in [0.05, 0.1) is 0 Å². The van der Waals surface area contributed by atoms with Crippen molar-refractivity contribution < 1.29 is 19.5 Å². The second-order valence-electron chi connectivity index (χ2n) is 4.03. The second kappa shape index (κ2) is 7.00. The van der Waals surface area contributed by atoms with Gasteiger partial charge < -0.3 is 24.9 Å². The van der Waals surface area contributed by atoms with E-state index in [2.05, 4.69) is 9.97 Å². The van der Waals surface area contributed by atoms with E-state index in [1.54, 1.807) is 12.1 Å². The van der Waals surface area contributed by atoms with Gasteiger partial charge in [-0.3, -0.25) is 4.79 Å². The molecule has 1 rings (SSSR count). The van der Waals surface area contributed by atoms with Crippen LogP contribution in [0.5, 0.6) is 5.75 Å². The first-order valence-corrected chi connectivity index (χ1v) is 5.55. The molecule has 1 aromatic rings. The van der Waals surface area contributed by atoms with Crippen LogP contribution in [0.25, 0.3) is 0 Å². The Morgan fingerprint density at radius 3 is 2.78 bits per heavy atom. The number of rotatable bonds is 6. The Balaban J connectivity index is 2.57.